The smallest absolute Gasteiger partial charge is 0.124 e. The summed E-state index contributed by atoms with van der Waals surface area (Å²) in [6.45, 7) is 4.48. The first-order valence-corrected chi connectivity index (χ1v) is 6.57. The van der Waals surface area contributed by atoms with Gasteiger partial charge in [-0.25, -0.2) is 0 Å². The normalized spacial score (nSPS) is 11.8. The predicted octanol–water partition coefficient (Wildman–Crippen LogP) is 2.84. The Bertz CT molecular complexity index is 558. The van der Waals surface area contributed by atoms with E-state index in [0.717, 1.165) is 22.1 Å². The fourth-order valence-electron chi connectivity index (χ4n) is 2.07. The average molecular weight is 259 g/mol. The number of rotatable bonds is 5. The van der Waals surface area contributed by atoms with Crippen LogP contribution < -0.4 is 10.5 Å². The first-order valence-electron chi connectivity index (χ1n) is 6.57. The van der Waals surface area contributed by atoms with Gasteiger partial charge in [0.05, 0.1) is 12.2 Å². The van der Waals surface area contributed by atoms with E-state index in [1.165, 1.54) is 0 Å². The number of ether oxygens (including phenoxy) is 1. The third-order valence-electron chi connectivity index (χ3n) is 3.17. The van der Waals surface area contributed by atoms with Gasteiger partial charge in [0.25, 0.3) is 0 Å². The summed E-state index contributed by atoms with van der Waals surface area (Å²) in [5.74, 6) is 0.811. The molecule has 0 spiro atoms. The lowest BCUT2D eigenvalue weighted by Gasteiger charge is -2.18. The van der Waals surface area contributed by atoms with Gasteiger partial charge in [0.1, 0.15) is 5.75 Å². The molecule has 19 heavy (non-hydrogen) atoms. The van der Waals surface area contributed by atoms with Gasteiger partial charge in [-0.15, -0.1) is 0 Å². The van der Waals surface area contributed by atoms with Crippen molar-refractivity contribution < 1.29 is 9.84 Å². The van der Waals surface area contributed by atoms with Crippen LogP contribution in [-0.2, 0) is 6.54 Å². The molecule has 0 bridgehead atoms. The van der Waals surface area contributed by atoms with Crippen LogP contribution in [0.1, 0.15) is 25.8 Å². The minimum atomic E-state index is -0.709. The van der Waals surface area contributed by atoms with Gasteiger partial charge in [-0.1, -0.05) is 30.3 Å². The van der Waals surface area contributed by atoms with Gasteiger partial charge in [-0.2, -0.15) is 0 Å². The van der Waals surface area contributed by atoms with Crippen LogP contribution in [0.3, 0.4) is 0 Å². The highest BCUT2D eigenvalue weighted by Gasteiger charge is 2.13. The molecular formula is C16H21NO2. The molecule has 0 atom stereocenters. The quantitative estimate of drug-likeness (QED) is 0.868. The Labute approximate surface area is 114 Å². The van der Waals surface area contributed by atoms with Crippen molar-refractivity contribution in [3.8, 4) is 5.75 Å². The van der Waals surface area contributed by atoms with Crippen LogP contribution in [-0.4, -0.2) is 17.3 Å². The molecule has 3 N–H and O–H groups in total. The number of hydrogen-bond donors (Lipinski definition) is 2. The van der Waals surface area contributed by atoms with Crippen molar-refractivity contribution in [1.82, 2.24) is 0 Å². The summed E-state index contributed by atoms with van der Waals surface area (Å²) in [7, 11) is 0. The number of aliphatic hydroxyl groups is 1. The highest BCUT2D eigenvalue weighted by Crippen LogP contribution is 2.28. The standard InChI is InChI=1S/C16H21NO2/c1-16(2,18)9-10-19-15-8-7-12-5-3-4-6-13(12)14(15)11-17/h3-8,18H,9-11,17H2,1-2H3. The predicted molar refractivity (Wildman–Crippen MR) is 78.2 cm³/mol. The highest BCUT2D eigenvalue weighted by atomic mass is 16.5. The van der Waals surface area contributed by atoms with Gasteiger partial charge < -0.3 is 15.6 Å². The monoisotopic (exact) mass is 259 g/mol. The summed E-state index contributed by atoms with van der Waals surface area (Å²) in [6.07, 6.45) is 0.587. The summed E-state index contributed by atoms with van der Waals surface area (Å²) < 4.78 is 5.77. The zero-order chi connectivity index (χ0) is 13.9. The first-order chi connectivity index (χ1) is 9.01. The van der Waals surface area contributed by atoms with Crippen LogP contribution in [0.5, 0.6) is 5.75 Å². The fourth-order valence-corrected chi connectivity index (χ4v) is 2.07. The average Bonchev–Trinajstić information content (AvgIpc) is 2.37. The van der Waals surface area contributed by atoms with Crippen molar-refractivity contribution >= 4 is 10.8 Å². The van der Waals surface area contributed by atoms with Crippen LogP contribution in [0, 0.1) is 0 Å². The second kappa shape index (κ2) is 5.59. The Morgan fingerprint density at radius 3 is 2.58 bits per heavy atom. The van der Waals surface area contributed by atoms with Gasteiger partial charge in [-0.05, 0) is 30.7 Å². The van der Waals surface area contributed by atoms with Crippen molar-refractivity contribution in [2.45, 2.75) is 32.4 Å². The third-order valence-corrected chi connectivity index (χ3v) is 3.17. The molecule has 0 aliphatic carbocycles. The third kappa shape index (κ3) is 3.46. The van der Waals surface area contributed by atoms with Crippen LogP contribution in [0.2, 0.25) is 0 Å². The Morgan fingerprint density at radius 2 is 1.89 bits per heavy atom. The van der Waals surface area contributed by atoms with Gasteiger partial charge in [0.2, 0.25) is 0 Å². The Morgan fingerprint density at radius 1 is 1.16 bits per heavy atom. The Balaban J connectivity index is 2.23. The van der Waals surface area contributed by atoms with E-state index < -0.39 is 5.60 Å². The van der Waals surface area contributed by atoms with Crippen LogP contribution in [0.15, 0.2) is 36.4 Å². The van der Waals surface area contributed by atoms with E-state index in [1.807, 2.05) is 24.3 Å². The zero-order valence-corrected chi connectivity index (χ0v) is 11.5. The molecule has 0 heterocycles. The molecule has 2 rings (SSSR count). The number of benzene rings is 2. The maximum Gasteiger partial charge on any atom is 0.124 e. The summed E-state index contributed by atoms with van der Waals surface area (Å²) >= 11 is 0. The molecule has 3 nitrogen and oxygen atoms in total. The Kier molecular flexibility index (Phi) is 4.08. The summed E-state index contributed by atoms with van der Waals surface area (Å²) in [6, 6.07) is 12.1. The molecule has 0 aliphatic heterocycles. The highest BCUT2D eigenvalue weighted by molar-refractivity contribution is 5.87. The van der Waals surface area contributed by atoms with Crippen molar-refractivity contribution in [3.63, 3.8) is 0 Å². The molecule has 0 aromatic heterocycles. The van der Waals surface area contributed by atoms with Crippen molar-refractivity contribution in [2.24, 2.45) is 5.73 Å². The van der Waals surface area contributed by atoms with E-state index >= 15 is 0 Å². The number of hydrogen-bond acceptors (Lipinski definition) is 3. The molecule has 0 unspecified atom stereocenters. The zero-order valence-electron chi connectivity index (χ0n) is 11.5. The number of fused-ring (bicyclic) bond motifs is 1. The molecule has 2 aromatic rings. The fraction of sp³-hybridized carbons (Fsp3) is 0.375. The molecule has 2 aromatic carbocycles. The van der Waals surface area contributed by atoms with Crippen molar-refractivity contribution in [1.29, 1.82) is 0 Å². The summed E-state index contributed by atoms with van der Waals surface area (Å²) in [5.41, 5.74) is 6.16. The molecule has 0 fully saturated rings. The topological polar surface area (TPSA) is 55.5 Å². The SMILES string of the molecule is CC(C)(O)CCOc1ccc2ccccc2c1CN. The molecule has 0 amide bonds. The largest absolute Gasteiger partial charge is 0.493 e. The van der Waals surface area contributed by atoms with E-state index in [-0.39, 0.29) is 0 Å². The minimum Gasteiger partial charge on any atom is -0.493 e. The molecule has 0 saturated carbocycles. The van der Waals surface area contributed by atoms with E-state index in [1.54, 1.807) is 13.8 Å². The van der Waals surface area contributed by atoms with Crippen LogP contribution in [0.25, 0.3) is 10.8 Å². The van der Waals surface area contributed by atoms with Crippen molar-refractivity contribution in [2.75, 3.05) is 6.61 Å². The van der Waals surface area contributed by atoms with Gasteiger partial charge in [-0.3, -0.25) is 0 Å². The van der Waals surface area contributed by atoms with E-state index in [2.05, 4.69) is 12.1 Å². The molecule has 102 valence electrons. The van der Waals surface area contributed by atoms with Crippen LogP contribution >= 0.6 is 0 Å². The molecule has 0 aliphatic rings. The maximum absolute atomic E-state index is 9.69. The van der Waals surface area contributed by atoms with E-state index in [0.29, 0.717) is 19.6 Å². The van der Waals surface area contributed by atoms with Gasteiger partial charge >= 0.3 is 0 Å². The lowest BCUT2D eigenvalue weighted by atomic mass is 10.0. The van der Waals surface area contributed by atoms with E-state index in [9.17, 15) is 5.11 Å². The number of nitrogens with two attached hydrogens (primary N) is 1. The molecule has 0 radical (unpaired) electrons. The van der Waals surface area contributed by atoms with Gasteiger partial charge in [0.15, 0.2) is 0 Å². The minimum absolute atomic E-state index is 0.444. The first kappa shape index (κ1) is 13.8. The molecule has 0 saturated heterocycles. The Hall–Kier alpha value is -1.58. The maximum atomic E-state index is 9.69. The second-order valence-corrected chi connectivity index (χ2v) is 5.38. The molecular weight excluding hydrogens is 238 g/mol. The van der Waals surface area contributed by atoms with Crippen molar-refractivity contribution in [3.05, 3.63) is 42.0 Å². The lowest BCUT2D eigenvalue weighted by Crippen LogP contribution is -2.22. The summed E-state index contributed by atoms with van der Waals surface area (Å²) in [4.78, 5) is 0. The summed E-state index contributed by atoms with van der Waals surface area (Å²) in [5, 5.41) is 12.0. The molecule has 3 heteroatoms. The second-order valence-electron chi connectivity index (χ2n) is 5.38. The van der Waals surface area contributed by atoms with E-state index in [4.69, 9.17) is 10.5 Å². The lowest BCUT2D eigenvalue weighted by molar-refractivity contribution is 0.0552. The van der Waals surface area contributed by atoms with Crippen LogP contribution in [0.4, 0.5) is 0 Å². The van der Waals surface area contributed by atoms with Gasteiger partial charge in [0, 0.05) is 18.5 Å².